The van der Waals surface area contributed by atoms with Gasteiger partial charge in [-0.2, -0.15) is 5.10 Å². The van der Waals surface area contributed by atoms with E-state index in [0.29, 0.717) is 38.1 Å². The molecule has 0 fully saturated rings. The summed E-state index contributed by atoms with van der Waals surface area (Å²) in [5.74, 6) is 1.29. The highest BCUT2D eigenvalue weighted by Gasteiger charge is 2.22. The molecule has 2 amide bonds. The number of benzene rings is 1. The molecule has 0 saturated carbocycles. The molecule has 0 unspecified atom stereocenters. The number of hydrazone groups is 1. The van der Waals surface area contributed by atoms with Crippen molar-refractivity contribution < 1.29 is 14.3 Å². The lowest BCUT2D eigenvalue weighted by atomic mass is 10.1. The van der Waals surface area contributed by atoms with Crippen LogP contribution >= 0.6 is 0 Å². The van der Waals surface area contributed by atoms with Gasteiger partial charge in [-0.3, -0.25) is 9.59 Å². The van der Waals surface area contributed by atoms with Crippen LogP contribution in [0.5, 0.6) is 5.75 Å². The van der Waals surface area contributed by atoms with Crippen molar-refractivity contribution in [3.8, 4) is 5.75 Å². The average Bonchev–Trinajstić information content (AvgIpc) is 3.04. The molecular weight excluding hydrogens is 322 g/mol. The van der Waals surface area contributed by atoms with E-state index in [9.17, 15) is 9.59 Å². The summed E-state index contributed by atoms with van der Waals surface area (Å²) in [4.78, 5) is 33.2. The molecule has 25 heavy (non-hydrogen) atoms. The van der Waals surface area contributed by atoms with Crippen molar-refractivity contribution in [1.29, 1.82) is 0 Å². The Hall–Kier alpha value is -2.90. The predicted octanol–water partition coefficient (Wildman–Crippen LogP) is 1.23. The number of H-pyrrole nitrogens is 1. The van der Waals surface area contributed by atoms with Crippen LogP contribution in [0.15, 0.2) is 23.3 Å². The van der Waals surface area contributed by atoms with E-state index in [-0.39, 0.29) is 11.8 Å². The molecule has 2 N–H and O–H groups in total. The lowest BCUT2D eigenvalue weighted by molar-refractivity contribution is -0.124. The topological polar surface area (TPSA) is 99.7 Å². The second-order valence-corrected chi connectivity index (χ2v) is 5.79. The van der Waals surface area contributed by atoms with Gasteiger partial charge in [0.25, 0.3) is 5.91 Å². The first kappa shape index (κ1) is 16.9. The summed E-state index contributed by atoms with van der Waals surface area (Å²) >= 11 is 0. The minimum atomic E-state index is -0.155. The van der Waals surface area contributed by atoms with Gasteiger partial charge in [0, 0.05) is 38.4 Å². The fourth-order valence-electron chi connectivity index (χ4n) is 2.74. The highest BCUT2D eigenvalue weighted by molar-refractivity contribution is 6.39. The van der Waals surface area contributed by atoms with Gasteiger partial charge >= 0.3 is 0 Å². The smallest absolute Gasteiger partial charge is 0.270 e. The van der Waals surface area contributed by atoms with E-state index < -0.39 is 0 Å². The van der Waals surface area contributed by atoms with Gasteiger partial charge in [0.2, 0.25) is 5.91 Å². The fourth-order valence-corrected chi connectivity index (χ4v) is 2.74. The van der Waals surface area contributed by atoms with Crippen molar-refractivity contribution in [2.24, 2.45) is 5.10 Å². The zero-order valence-electron chi connectivity index (χ0n) is 14.3. The van der Waals surface area contributed by atoms with Crippen LogP contribution in [0.1, 0.15) is 25.6 Å². The summed E-state index contributed by atoms with van der Waals surface area (Å²) in [6.45, 7) is 3.02. The van der Waals surface area contributed by atoms with Gasteiger partial charge in [-0.25, -0.2) is 10.4 Å². The average molecular weight is 343 g/mol. The number of rotatable bonds is 6. The van der Waals surface area contributed by atoms with E-state index in [1.807, 2.05) is 25.1 Å². The number of carbonyl (C=O) groups excluding carboxylic acids is 2. The normalized spacial score (nSPS) is 14.2. The maximum atomic E-state index is 12.5. The molecule has 2 aromatic rings. The van der Waals surface area contributed by atoms with Gasteiger partial charge in [-0.1, -0.05) is 0 Å². The highest BCUT2D eigenvalue weighted by atomic mass is 16.5. The first-order valence-corrected chi connectivity index (χ1v) is 8.28. The zero-order chi connectivity index (χ0) is 17.8. The van der Waals surface area contributed by atoms with Crippen molar-refractivity contribution in [3.05, 3.63) is 24.0 Å². The molecule has 0 bridgehead atoms. The van der Waals surface area contributed by atoms with Crippen LogP contribution in [0.4, 0.5) is 0 Å². The Morgan fingerprint density at radius 1 is 1.36 bits per heavy atom. The van der Waals surface area contributed by atoms with Crippen LogP contribution in [0.2, 0.25) is 0 Å². The number of nitrogens with one attached hydrogen (secondary N) is 2. The van der Waals surface area contributed by atoms with Crippen molar-refractivity contribution in [2.45, 2.75) is 26.2 Å². The second kappa shape index (κ2) is 7.33. The van der Waals surface area contributed by atoms with Gasteiger partial charge in [0.15, 0.2) is 0 Å². The van der Waals surface area contributed by atoms with E-state index in [2.05, 4.69) is 20.5 Å². The summed E-state index contributed by atoms with van der Waals surface area (Å²) < 4.78 is 5.21. The van der Waals surface area contributed by atoms with E-state index in [1.165, 1.54) is 0 Å². The van der Waals surface area contributed by atoms with Gasteiger partial charge in [0.1, 0.15) is 17.3 Å². The molecule has 1 aromatic carbocycles. The number of ether oxygens (including phenoxy) is 1. The standard InChI is InChI=1S/C17H21N5O3/c1-3-22(17(24)13-6-7-16(23)21-20-13)9-8-15-18-12-5-4-11(25-2)10-14(12)19-15/h4-5,10H,3,6-9H2,1-2H3,(H,18,19)(H,21,23). The van der Waals surface area contributed by atoms with E-state index >= 15 is 0 Å². The molecule has 1 aliphatic heterocycles. The SMILES string of the molecule is CCN(CCc1nc2ccc(OC)cc2[nH]1)C(=O)C1=NNC(=O)CC1. The second-order valence-electron chi connectivity index (χ2n) is 5.79. The Morgan fingerprint density at radius 3 is 2.88 bits per heavy atom. The third-order valence-corrected chi connectivity index (χ3v) is 4.18. The van der Waals surface area contributed by atoms with E-state index in [1.54, 1.807) is 12.0 Å². The summed E-state index contributed by atoms with van der Waals surface area (Å²) in [5, 5.41) is 3.88. The molecule has 8 heteroatoms. The number of hydrogen-bond donors (Lipinski definition) is 2. The van der Waals surface area contributed by atoms with E-state index in [4.69, 9.17) is 4.74 Å². The number of imidazole rings is 1. The zero-order valence-corrected chi connectivity index (χ0v) is 14.3. The first-order chi connectivity index (χ1) is 12.1. The molecule has 132 valence electrons. The number of hydrogen-bond acceptors (Lipinski definition) is 5. The lowest BCUT2D eigenvalue weighted by Crippen LogP contribution is -2.41. The van der Waals surface area contributed by atoms with E-state index in [0.717, 1.165) is 22.6 Å². The molecule has 2 heterocycles. The van der Waals surface area contributed by atoms with Crippen molar-refractivity contribution in [3.63, 3.8) is 0 Å². The highest BCUT2D eigenvalue weighted by Crippen LogP contribution is 2.19. The van der Waals surface area contributed by atoms with Crippen LogP contribution in [0.25, 0.3) is 11.0 Å². The van der Waals surface area contributed by atoms with Crippen molar-refractivity contribution >= 4 is 28.6 Å². The molecule has 0 atom stereocenters. The maximum absolute atomic E-state index is 12.5. The lowest BCUT2D eigenvalue weighted by Gasteiger charge is -2.22. The molecule has 0 spiro atoms. The molecule has 1 aromatic heterocycles. The number of aromatic amines is 1. The quantitative estimate of drug-likeness (QED) is 0.824. The van der Waals surface area contributed by atoms with Gasteiger partial charge in [-0.15, -0.1) is 0 Å². The van der Waals surface area contributed by atoms with Crippen LogP contribution < -0.4 is 10.2 Å². The molecular formula is C17H21N5O3. The maximum Gasteiger partial charge on any atom is 0.270 e. The summed E-state index contributed by atoms with van der Waals surface area (Å²) in [5.41, 5.74) is 4.54. The number of amides is 2. The molecule has 3 rings (SSSR count). The van der Waals surface area contributed by atoms with Crippen LogP contribution in [-0.4, -0.2) is 52.6 Å². The third kappa shape index (κ3) is 3.78. The molecule has 0 saturated heterocycles. The number of methoxy groups -OCH3 is 1. The Bertz CT molecular complexity index is 827. The predicted molar refractivity (Wildman–Crippen MR) is 93.4 cm³/mol. The number of likely N-dealkylation sites (N-methyl/N-ethyl adjacent to an activating group) is 1. The molecule has 1 aliphatic rings. The third-order valence-electron chi connectivity index (χ3n) is 4.18. The van der Waals surface area contributed by atoms with Gasteiger partial charge < -0.3 is 14.6 Å². The van der Waals surface area contributed by atoms with Crippen LogP contribution in [0.3, 0.4) is 0 Å². The van der Waals surface area contributed by atoms with Gasteiger partial charge in [-0.05, 0) is 19.1 Å². The first-order valence-electron chi connectivity index (χ1n) is 8.28. The largest absolute Gasteiger partial charge is 0.497 e. The molecule has 8 nitrogen and oxygen atoms in total. The fraction of sp³-hybridized carbons (Fsp3) is 0.412. The van der Waals surface area contributed by atoms with Crippen LogP contribution in [0, 0.1) is 0 Å². The Kier molecular flexibility index (Phi) is 4.97. The Labute approximate surface area is 145 Å². The summed E-state index contributed by atoms with van der Waals surface area (Å²) in [7, 11) is 1.62. The molecule has 0 aliphatic carbocycles. The number of fused-ring (bicyclic) bond motifs is 1. The molecule has 0 radical (unpaired) electrons. The number of nitrogens with zero attached hydrogens (tertiary/aromatic N) is 3. The minimum absolute atomic E-state index is 0.139. The summed E-state index contributed by atoms with van der Waals surface area (Å²) in [6.07, 6.45) is 1.29. The Balaban J connectivity index is 1.66. The van der Waals surface area contributed by atoms with Crippen molar-refractivity contribution in [1.82, 2.24) is 20.3 Å². The minimum Gasteiger partial charge on any atom is -0.497 e. The van der Waals surface area contributed by atoms with Crippen LogP contribution in [-0.2, 0) is 16.0 Å². The monoisotopic (exact) mass is 343 g/mol. The number of carbonyl (C=O) groups is 2. The van der Waals surface area contributed by atoms with Crippen molar-refractivity contribution in [2.75, 3.05) is 20.2 Å². The number of aromatic nitrogens is 2. The summed E-state index contributed by atoms with van der Waals surface area (Å²) in [6, 6.07) is 5.66. The van der Waals surface area contributed by atoms with Gasteiger partial charge in [0.05, 0.1) is 18.1 Å². The Morgan fingerprint density at radius 2 is 2.20 bits per heavy atom.